The van der Waals surface area contributed by atoms with Crippen LogP contribution < -0.4 is 34.7 Å². The molecule has 0 radical (unpaired) electrons. The van der Waals surface area contributed by atoms with Crippen LogP contribution in [0.25, 0.3) is 21.8 Å². The first-order valence-electron chi connectivity index (χ1n) is 7.00. The Morgan fingerprint density at radius 2 is 1.28 bits per heavy atom. The third kappa shape index (κ3) is 4.35. The van der Waals surface area contributed by atoms with E-state index in [4.69, 9.17) is 23.2 Å². The van der Waals surface area contributed by atoms with Crippen LogP contribution in [-0.2, 0) is 0 Å². The molecule has 0 saturated heterocycles. The molecule has 2 heterocycles. The number of fused-ring (bicyclic) bond motifs is 2. The number of pyridine rings is 2. The number of rotatable bonds is 0. The fourth-order valence-electron chi connectivity index (χ4n) is 2.23. The first-order valence-corrected chi connectivity index (χ1v) is 7.76. The van der Waals surface area contributed by atoms with Gasteiger partial charge in [0.2, 0.25) is 0 Å². The van der Waals surface area contributed by atoms with Gasteiger partial charge in [0, 0.05) is 28.2 Å². The van der Waals surface area contributed by atoms with E-state index < -0.39 is 0 Å². The van der Waals surface area contributed by atoms with E-state index in [9.17, 15) is 10.2 Å². The molecular weight excluding hydrogens is 370 g/mol. The predicted molar refractivity (Wildman–Crippen MR) is 94.6 cm³/mol. The molecule has 2 aromatic carbocycles. The van der Waals surface area contributed by atoms with Gasteiger partial charge in [-0.2, -0.15) is 0 Å². The van der Waals surface area contributed by atoms with Gasteiger partial charge in [-0.1, -0.05) is 35.0 Å². The maximum atomic E-state index is 11.2. The summed E-state index contributed by atoms with van der Waals surface area (Å²) in [7, 11) is 0. The SMILES string of the molecule is Oc1ccc(Cl)c2cccnc12.[Na+].[O-]c1ccc(Cl)c2cccnc12. The molecule has 0 aliphatic carbocycles. The Morgan fingerprint density at radius 1 is 0.760 bits per heavy atom. The van der Waals surface area contributed by atoms with Gasteiger partial charge in [0.1, 0.15) is 11.3 Å². The van der Waals surface area contributed by atoms with E-state index in [1.165, 1.54) is 12.1 Å². The first-order chi connectivity index (χ1) is 11.6. The molecule has 4 aromatic rings. The molecule has 4 rings (SSSR count). The number of aromatic hydroxyl groups is 1. The van der Waals surface area contributed by atoms with Crippen molar-refractivity contribution >= 4 is 45.0 Å². The normalized spacial score (nSPS) is 10.0. The largest absolute Gasteiger partial charge is 1.00 e. The van der Waals surface area contributed by atoms with Gasteiger partial charge in [-0.3, -0.25) is 9.97 Å². The number of benzene rings is 2. The molecule has 0 amide bonds. The van der Waals surface area contributed by atoms with E-state index in [-0.39, 0.29) is 41.1 Å². The van der Waals surface area contributed by atoms with E-state index in [0.717, 1.165) is 5.39 Å². The van der Waals surface area contributed by atoms with Gasteiger partial charge in [-0.25, -0.2) is 0 Å². The van der Waals surface area contributed by atoms with Crippen molar-refractivity contribution in [1.29, 1.82) is 0 Å². The molecule has 4 nitrogen and oxygen atoms in total. The first kappa shape index (κ1) is 19.8. The van der Waals surface area contributed by atoms with Crippen molar-refractivity contribution in [2.75, 3.05) is 0 Å². The number of hydrogen-bond donors (Lipinski definition) is 1. The Bertz CT molecular complexity index is 864. The minimum absolute atomic E-state index is 0. The van der Waals surface area contributed by atoms with Gasteiger partial charge in [0.15, 0.2) is 0 Å². The molecule has 0 bridgehead atoms. The Labute approximate surface area is 176 Å². The average Bonchev–Trinajstić information content (AvgIpc) is 2.63. The quantitative estimate of drug-likeness (QED) is 0.470. The van der Waals surface area contributed by atoms with Crippen molar-refractivity contribution in [2.24, 2.45) is 0 Å². The minimum Gasteiger partial charge on any atom is -0.871 e. The summed E-state index contributed by atoms with van der Waals surface area (Å²) in [6, 6.07) is 13.4. The molecule has 0 aliphatic heterocycles. The maximum Gasteiger partial charge on any atom is 1.00 e. The Hall–Kier alpha value is -1.56. The van der Waals surface area contributed by atoms with Crippen LogP contribution in [0.1, 0.15) is 0 Å². The fraction of sp³-hybridized carbons (Fsp3) is 0. The molecule has 0 spiro atoms. The Morgan fingerprint density at radius 3 is 1.84 bits per heavy atom. The van der Waals surface area contributed by atoms with Crippen molar-refractivity contribution in [3.05, 3.63) is 71.0 Å². The van der Waals surface area contributed by atoms with E-state index in [0.29, 0.717) is 26.5 Å². The van der Waals surface area contributed by atoms with Crippen molar-refractivity contribution in [3.8, 4) is 11.5 Å². The molecule has 0 unspecified atom stereocenters. The zero-order valence-corrected chi connectivity index (χ0v) is 16.8. The third-order valence-electron chi connectivity index (χ3n) is 3.37. The van der Waals surface area contributed by atoms with Crippen molar-refractivity contribution < 1.29 is 39.8 Å². The molecular formula is C18H11Cl2N2NaO2. The minimum atomic E-state index is -0.0880. The summed E-state index contributed by atoms with van der Waals surface area (Å²) >= 11 is 11.7. The maximum absolute atomic E-state index is 11.2. The molecule has 2 aromatic heterocycles. The summed E-state index contributed by atoms with van der Waals surface area (Å²) in [5.74, 6) is 0.0741. The van der Waals surface area contributed by atoms with Crippen LogP contribution in [0.5, 0.6) is 11.5 Å². The number of nitrogens with zero attached hydrogens (tertiary/aromatic N) is 2. The van der Waals surface area contributed by atoms with E-state index in [1.807, 2.05) is 6.07 Å². The monoisotopic (exact) mass is 380 g/mol. The average molecular weight is 381 g/mol. The standard InChI is InChI=1S/2C9H6ClNO.Na/c2*10-7-3-4-8(12)9-6(7)2-1-5-11-9;/h2*1-5,12H;/q;;+1/p-1. The summed E-state index contributed by atoms with van der Waals surface area (Å²) < 4.78 is 0. The number of phenolic OH excluding ortho intramolecular Hbond substituents is 1. The molecule has 0 saturated carbocycles. The van der Waals surface area contributed by atoms with Gasteiger partial charge in [0.25, 0.3) is 0 Å². The van der Waals surface area contributed by atoms with Crippen LogP contribution in [0, 0.1) is 0 Å². The van der Waals surface area contributed by atoms with Gasteiger partial charge in [-0.05, 0) is 42.5 Å². The molecule has 120 valence electrons. The van der Waals surface area contributed by atoms with Crippen LogP contribution >= 0.6 is 23.2 Å². The topological polar surface area (TPSA) is 69.1 Å². The summed E-state index contributed by atoms with van der Waals surface area (Å²) in [6.45, 7) is 0. The number of halogens is 2. The second-order valence-electron chi connectivity index (χ2n) is 4.91. The van der Waals surface area contributed by atoms with Crippen molar-refractivity contribution in [3.63, 3.8) is 0 Å². The molecule has 1 N–H and O–H groups in total. The summed E-state index contributed by atoms with van der Waals surface area (Å²) in [5, 5.41) is 23.3. The number of aromatic nitrogens is 2. The van der Waals surface area contributed by atoms with E-state index in [1.54, 1.807) is 42.7 Å². The smallest absolute Gasteiger partial charge is 0.871 e. The van der Waals surface area contributed by atoms with E-state index in [2.05, 4.69) is 9.97 Å². The van der Waals surface area contributed by atoms with Gasteiger partial charge in [-0.15, -0.1) is 0 Å². The van der Waals surface area contributed by atoms with Crippen molar-refractivity contribution in [1.82, 2.24) is 9.97 Å². The second kappa shape index (κ2) is 8.70. The van der Waals surface area contributed by atoms with Crippen LogP contribution in [0.3, 0.4) is 0 Å². The molecule has 25 heavy (non-hydrogen) atoms. The van der Waals surface area contributed by atoms with Crippen molar-refractivity contribution in [2.45, 2.75) is 0 Å². The van der Waals surface area contributed by atoms with Gasteiger partial charge < -0.3 is 10.2 Å². The van der Waals surface area contributed by atoms with Crippen LogP contribution in [0.4, 0.5) is 0 Å². The summed E-state index contributed by atoms with van der Waals surface area (Å²) in [5.41, 5.74) is 0.981. The fourth-order valence-corrected chi connectivity index (χ4v) is 2.67. The summed E-state index contributed by atoms with van der Waals surface area (Å²) in [6.07, 6.45) is 3.21. The number of hydrogen-bond acceptors (Lipinski definition) is 4. The molecule has 7 heteroatoms. The Kier molecular flexibility index (Phi) is 6.87. The molecule has 0 atom stereocenters. The molecule has 0 aliphatic rings. The zero-order valence-electron chi connectivity index (χ0n) is 13.3. The van der Waals surface area contributed by atoms with Crippen LogP contribution in [0.2, 0.25) is 10.0 Å². The van der Waals surface area contributed by atoms with Gasteiger partial charge in [0.05, 0.1) is 10.5 Å². The van der Waals surface area contributed by atoms with Crippen LogP contribution in [0.15, 0.2) is 60.9 Å². The predicted octanol–water partition coefficient (Wildman–Crippen LogP) is 1.56. The Balaban J connectivity index is 0.000000173. The van der Waals surface area contributed by atoms with Crippen LogP contribution in [-0.4, -0.2) is 15.1 Å². The third-order valence-corrected chi connectivity index (χ3v) is 4.03. The summed E-state index contributed by atoms with van der Waals surface area (Å²) in [4.78, 5) is 7.95. The molecule has 0 fully saturated rings. The second-order valence-corrected chi connectivity index (χ2v) is 5.73. The number of phenols is 1. The zero-order chi connectivity index (χ0) is 17.1. The van der Waals surface area contributed by atoms with E-state index >= 15 is 0 Å². The van der Waals surface area contributed by atoms with Gasteiger partial charge >= 0.3 is 29.6 Å².